The van der Waals surface area contributed by atoms with Crippen LogP contribution in [0, 0.1) is 0 Å². The summed E-state index contributed by atoms with van der Waals surface area (Å²) in [5.41, 5.74) is 0.249. The van der Waals surface area contributed by atoms with Gasteiger partial charge in [-0.25, -0.2) is 4.79 Å². The standard InChI is InChI=1S/C17H21N3O5/c1-4-13-12(16(22)23)7-14(25-13)15(21)20-5-6-24-17(2,10-20)11-8-18-19(3)9-11/h7-9H,4-6,10H2,1-3H3,(H,22,23). The van der Waals surface area contributed by atoms with Gasteiger partial charge in [0.1, 0.15) is 16.9 Å². The molecule has 0 spiro atoms. The third-order valence-corrected chi connectivity index (χ3v) is 4.45. The molecule has 0 bridgehead atoms. The summed E-state index contributed by atoms with van der Waals surface area (Å²) in [5, 5.41) is 13.4. The molecule has 2 aromatic heterocycles. The fraction of sp³-hybridized carbons (Fsp3) is 0.471. The minimum Gasteiger partial charge on any atom is -0.478 e. The second kappa shape index (κ2) is 6.36. The molecule has 1 atom stereocenters. The molecule has 1 N–H and O–H groups in total. The van der Waals surface area contributed by atoms with Gasteiger partial charge < -0.3 is 19.2 Å². The minimum absolute atomic E-state index is 0.0362. The average molecular weight is 347 g/mol. The first-order valence-electron chi connectivity index (χ1n) is 8.12. The topological polar surface area (TPSA) is 97.8 Å². The Morgan fingerprint density at radius 2 is 2.20 bits per heavy atom. The number of ether oxygens (including phenoxy) is 1. The van der Waals surface area contributed by atoms with Crippen LogP contribution < -0.4 is 0 Å². The summed E-state index contributed by atoms with van der Waals surface area (Å²) < 4.78 is 13.1. The van der Waals surface area contributed by atoms with Gasteiger partial charge in [-0.05, 0) is 6.92 Å². The predicted octanol–water partition coefficient (Wildman–Crippen LogP) is 1.66. The van der Waals surface area contributed by atoms with E-state index in [1.165, 1.54) is 6.07 Å². The van der Waals surface area contributed by atoms with Crippen LogP contribution >= 0.6 is 0 Å². The summed E-state index contributed by atoms with van der Waals surface area (Å²) in [4.78, 5) is 25.7. The smallest absolute Gasteiger partial charge is 0.339 e. The third-order valence-electron chi connectivity index (χ3n) is 4.45. The number of aromatic nitrogens is 2. The zero-order chi connectivity index (χ0) is 18.2. The van der Waals surface area contributed by atoms with Crippen LogP contribution in [0.5, 0.6) is 0 Å². The highest BCUT2D eigenvalue weighted by atomic mass is 16.5. The normalized spacial score (nSPS) is 20.7. The van der Waals surface area contributed by atoms with Crippen molar-refractivity contribution in [3.8, 4) is 0 Å². The van der Waals surface area contributed by atoms with E-state index in [1.54, 1.807) is 22.7 Å². The number of carboxylic acid groups (broad SMARTS) is 1. The van der Waals surface area contributed by atoms with Gasteiger partial charge >= 0.3 is 5.97 Å². The van der Waals surface area contributed by atoms with E-state index in [0.717, 1.165) is 5.56 Å². The Bertz CT molecular complexity index is 809. The van der Waals surface area contributed by atoms with Gasteiger partial charge in [-0.3, -0.25) is 9.48 Å². The van der Waals surface area contributed by atoms with Crippen LogP contribution in [0.2, 0.25) is 0 Å². The lowest BCUT2D eigenvalue weighted by Gasteiger charge is -2.39. The summed E-state index contributed by atoms with van der Waals surface area (Å²) in [6.45, 7) is 4.82. The highest BCUT2D eigenvalue weighted by molar-refractivity contribution is 5.96. The maximum Gasteiger partial charge on any atom is 0.339 e. The van der Waals surface area contributed by atoms with Crippen molar-refractivity contribution in [2.45, 2.75) is 25.9 Å². The van der Waals surface area contributed by atoms with Crippen molar-refractivity contribution >= 4 is 11.9 Å². The molecule has 1 aliphatic heterocycles. The molecular formula is C17H21N3O5. The van der Waals surface area contributed by atoms with Crippen LogP contribution in [0.4, 0.5) is 0 Å². The summed E-state index contributed by atoms with van der Waals surface area (Å²) in [6, 6.07) is 1.31. The molecule has 0 aliphatic carbocycles. The Balaban J connectivity index is 1.84. The van der Waals surface area contributed by atoms with Gasteiger partial charge in [-0.15, -0.1) is 0 Å². The van der Waals surface area contributed by atoms with Crippen LogP contribution in [0.25, 0.3) is 0 Å². The molecule has 1 saturated heterocycles. The Morgan fingerprint density at radius 1 is 1.44 bits per heavy atom. The molecule has 0 saturated carbocycles. The molecular weight excluding hydrogens is 326 g/mol. The number of aryl methyl sites for hydroxylation is 2. The first-order chi connectivity index (χ1) is 11.8. The number of rotatable bonds is 4. The minimum atomic E-state index is -1.10. The molecule has 0 aromatic carbocycles. The van der Waals surface area contributed by atoms with Crippen molar-refractivity contribution in [2.24, 2.45) is 7.05 Å². The van der Waals surface area contributed by atoms with E-state index in [4.69, 9.17) is 9.15 Å². The Kier molecular flexibility index (Phi) is 4.38. The number of carbonyl (C=O) groups excluding carboxylic acids is 1. The van der Waals surface area contributed by atoms with Crippen molar-refractivity contribution in [3.63, 3.8) is 0 Å². The van der Waals surface area contributed by atoms with E-state index >= 15 is 0 Å². The molecule has 1 fully saturated rings. The average Bonchev–Trinajstić information content (AvgIpc) is 3.20. The van der Waals surface area contributed by atoms with Gasteiger partial charge in [0.2, 0.25) is 0 Å². The maximum absolute atomic E-state index is 12.8. The van der Waals surface area contributed by atoms with Gasteiger partial charge in [0, 0.05) is 37.8 Å². The lowest BCUT2D eigenvalue weighted by molar-refractivity contribution is -0.0935. The fourth-order valence-electron chi connectivity index (χ4n) is 3.05. The number of carboxylic acids is 1. The van der Waals surface area contributed by atoms with E-state index in [0.29, 0.717) is 31.9 Å². The highest BCUT2D eigenvalue weighted by Gasteiger charge is 2.38. The Morgan fingerprint density at radius 3 is 2.76 bits per heavy atom. The zero-order valence-electron chi connectivity index (χ0n) is 14.5. The lowest BCUT2D eigenvalue weighted by Crippen LogP contribution is -2.50. The molecule has 134 valence electrons. The second-order valence-corrected chi connectivity index (χ2v) is 6.31. The molecule has 3 rings (SSSR count). The predicted molar refractivity (Wildman–Crippen MR) is 87.5 cm³/mol. The second-order valence-electron chi connectivity index (χ2n) is 6.31. The van der Waals surface area contributed by atoms with E-state index in [9.17, 15) is 14.7 Å². The first kappa shape index (κ1) is 17.2. The number of nitrogens with zero attached hydrogens (tertiary/aromatic N) is 3. The largest absolute Gasteiger partial charge is 0.478 e. The fourth-order valence-corrected chi connectivity index (χ4v) is 3.05. The molecule has 2 aromatic rings. The van der Waals surface area contributed by atoms with Crippen LogP contribution in [0.1, 0.15) is 46.1 Å². The van der Waals surface area contributed by atoms with Gasteiger partial charge in [-0.1, -0.05) is 6.92 Å². The maximum atomic E-state index is 12.8. The number of hydrogen-bond acceptors (Lipinski definition) is 5. The number of furan rings is 1. The molecule has 1 aliphatic rings. The zero-order valence-corrected chi connectivity index (χ0v) is 14.5. The summed E-state index contributed by atoms with van der Waals surface area (Å²) in [7, 11) is 1.82. The Labute approximate surface area is 145 Å². The summed E-state index contributed by atoms with van der Waals surface area (Å²) in [6.07, 6.45) is 3.99. The Hall–Kier alpha value is -2.61. The number of morpholine rings is 1. The van der Waals surface area contributed by atoms with Crippen molar-refractivity contribution in [1.82, 2.24) is 14.7 Å². The van der Waals surface area contributed by atoms with Crippen molar-refractivity contribution in [2.75, 3.05) is 19.7 Å². The molecule has 1 unspecified atom stereocenters. The first-order valence-corrected chi connectivity index (χ1v) is 8.12. The number of amides is 1. The van der Waals surface area contributed by atoms with Crippen molar-refractivity contribution < 1.29 is 23.8 Å². The molecule has 0 radical (unpaired) electrons. The summed E-state index contributed by atoms with van der Waals surface area (Å²) in [5.74, 6) is -1.08. The monoisotopic (exact) mass is 347 g/mol. The molecule has 8 nitrogen and oxygen atoms in total. The number of carbonyl (C=O) groups is 2. The van der Waals surface area contributed by atoms with Crippen LogP contribution in [0.3, 0.4) is 0 Å². The van der Waals surface area contributed by atoms with E-state index < -0.39 is 11.6 Å². The SMILES string of the molecule is CCc1oc(C(=O)N2CCOC(C)(c3cnn(C)c3)C2)cc1C(=O)O. The number of hydrogen-bond donors (Lipinski definition) is 1. The lowest BCUT2D eigenvalue weighted by atomic mass is 9.97. The van der Waals surface area contributed by atoms with Gasteiger partial charge in [0.25, 0.3) is 5.91 Å². The van der Waals surface area contributed by atoms with E-state index in [1.807, 2.05) is 20.2 Å². The van der Waals surface area contributed by atoms with Gasteiger partial charge in [0.15, 0.2) is 5.76 Å². The highest BCUT2D eigenvalue weighted by Crippen LogP contribution is 2.30. The van der Waals surface area contributed by atoms with Crippen LogP contribution in [-0.2, 0) is 23.8 Å². The molecule has 8 heteroatoms. The van der Waals surface area contributed by atoms with Gasteiger partial charge in [0.05, 0.1) is 19.3 Å². The van der Waals surface area contributed by atoms with Crippen LogP contribution in [-0.4, -0.2) is 51.4 Å². The molecule has 3 heterocycles. The molecule has 1 amide bonds. The third kappa shape index (κ3) is 3.17. The van der Waals surface area contributed by atoms with Crippen molar-refractivity contribution in [1.29, 1.82) is 0 Å². The van der Waals surface area contributed by atoms with Gasteiger partial charge in [-0.2, -0.15) is 5.10 Å². The van der Waals surface area contributed by atoms with Crippen molar-refractivity contribution in [3.05, 3.63) is 41.1 Å². The quantitative estimate of drug-likeness (QED) is 0.903. The van der Waals surface area contributed by atoms with E-state index in [-0.39, 0.29) is 17.2 Å². The van der Waals surface area contributed by atoms with E-state index in [2.05, 4.69) is 5.10 Å². The molecule has 25 heavy (non-hydrogen) atoms. The summed E-state index contributed by atoms with van der Waals surface area (Å²) >= 11 is 0. The van der Waals surface area contributed by atoms with Crippen LogP contribution in [0.15, 0.2) is 22.9 Å². The number of aromatic carboxylic acids is 1.